The van der Waals surface area contributed by atoms with Gasteiger partial charge in [0.2, 0.25) is 0 Å². The van der Waals surface area contributed by atoms with Crippen molar-refractivity contribution in [2.75, 3.05) is 13.6 Å². The Kier molecular flexibility index (Phi) is 7.83. The first kappa shape index (κ1) is 20.6. The molecule has 0 spiro atoms. The highest BCUT2D eigenvalue weighted by Gasteiger charge is 2.04. The molecule has 0 unspecified atom stereocenters. The summed E-state index contributed by atoms with van der Waals surface area (Å²) in [5.74, 6) is 0.494. The van der Waals surface area contributed by atoms with Crippen LogP contribution in [0, 0.1) is 5.82 Å². The molecular formula is C18H20BrFIN5. The molecule has 1 aromatic carbocycles. The smallest absolute Gasteiger partial charge is 0.191 e. The molecule has 0 aliphatic carbocycles. The SMILES string of the molecule is CN=C(NCCc1ccc(F)cc1)NCc1cn2cc(Br)ccc2n1.I. The van der Waals surface area contributed by atoms with Gasteiger partial charge < -0.3 is 15.0 Å². The van der Waals surface area contributed by atoms with Crippen LogP contribution in [-0.2, 0) is 13.0 Å². The zero-order valence-corrected chi connectivity index (χ0v) is 18.2. The summed E-state index contributed by atoms with van der Waals surface area (Å²) in [4.78, 5) is 8.77. The summed E-state index contributed by atoms with van der Waals surface area (Å²) in [6.07, 6.45) is 4.75. The van der Waals surface area contributed by atoms with Crippen LogP contribution in [-0.4, -0.2) is 28.9 Å². The van der Waals surface area contributed by atoms with Crippen molar-refractivity contribution in [2.45, 2.75) is 13.0 Å². The fraction of sp³-hybridized carbons (Fsp3) is 0.222. The fourth-order valence-corrected chi connectivity index (χ4v) is 2.83. The second-order valence-electron chi connectivity index (χ2n) is 5.57. The summed E-state index contributed by atoms with van der Waals surface area (Å²) in [6.45, 7) is 1.29. The van der Waals surface area contributed by atoms with E-state index in [2.05, 4.69) is 36.5 Å². The van der Waals surface area contributed by atoms with Gasteiger partial charge in [0.25, 0.3) is 0 Å². The zero-order chi connectivity index (χ0) is 17.6. The van der Waals surface area contributed by atoms with Gasteiger partial charge in [-0.25, -0.2) is 9.37 Å². The van der Waals surface area contributed by atoms with Gasteiger partial charge in [0.15, 0.2) is 5.96 Å². The van der Waals surface area contributed by atoms with E-state index in [-0.39, 0.29) is 29.8 Å². The number of guanidine groups is 1. The quantitative estimate of drug-likeness (QED) is 0.299. The number of hydrogen-bond acceptors (Lipinski definition) is 2. The molecule has 26 heavy (non-hydrogen) atoms. The van der Waals surface area contributed by atoms with Gasteiger partial charge in [-0.1, -0.05) is 12.1 Å². The summed E-state index contributed by atoms with van der Waals surface area (Å²) < 4.78 is 15.9. The minimum absolute atomic E-state index is 0. The lowest BCUT2D eigenvalue weighted by Crippen LogP contribution is -2.37. The molecule has 0 fully saturated rings. The van der Waals surface area contributed by atoms with Gasteiger partial charge in [-0.15, -0.1) is 24.0 Å². The maximum atomic E-state index is 12.9. The minimum atomic E-state index is -0.214. The van der Waals surface area contributed by atoms with Crippen molar-refractivity contribution in [1.82, 2.24) is 20.0 Å². The number of hydrogen-bond donors (Lipinski definition) is 2. The van der Waals surface area contributed by atoms with Gasteiger partial charge >= 0.3 is 0 Å². The van der Waals surface area contributed by atoms with Gasteiger partial charge in [-0.3, -0.25) is 4.99 Å². The van der Waals surface area contributed by atoms with Crippen molar-refractivity contribution < 1.29 is 4.39 Å². The Morgan fingerprint density at radius 1 is 1.15 bits per heavy atom. The van der Waals surface area contributed by atoms with E-state index in [1.165, 1.54) is 12.1 Å². The second-order valence-corrected chi connectivity index (χ2v) is 6.49. The van der Waals surface area contributed by atoms with Crippen LogP contribution in [0.25, 0.3) is 5.65 Å². The number of benzene rings is 1. The molecule has 0 amide bonds. The Morgan fingerprint density at radius 2 is 1.92 bits per heavy atom. The zero-order valence-electron chi connectivity index (χ0n) is 14.2. The molecular weight excluding hydrogens is 512 g/mol. The molecule has 2 N–H and O–H groups in total. The highest BCUT2D eigenvalue weighted by atomic mass is 127. The lowest BCUT2D eigenvalue weighted by molar-refractivity contribution is 0.626. The monoisotopic (exact) mass is 531 g/mol. The molecule has 0 atom stereocenters. The Labute approximate surface area is 177 Å². The summed E-state index contributed by atoms with van der Waals surface area (Å²) in [6, 6.07) is 10.5. The third kappa shape index (κ3) is 5.66. The predicted molar refractivity (Wildman–Crippen MR) is 117 cm³/mol. The number of rotatable bonds is 5. The topological polar surface area (TPSA) is 53.7 Å². The third-order valence-corrected chi connectivity index (χ3v) is 4.21. The number of aromatic nitrogens is 2. The van der Waals surface area contributed by atoms with Gasteiger partial charge in [-0.2, -0.15) is 0 Å². The normalized spacial score (nSPS) is 11.3. The maximum Gasteiger partial charge on any atom is 0.191 e. The molecule has 0 aliphatic rings. The number of imidazole rings is 1. The largest absolute Gasteiger partial charge is 0.356 e. The maximum absolute atomic E-state index is 12.9. The molecule has 0 radical (unpaired) electrons. The van der Waals surface area contributed by atoms with E-state index in [4.69, 9.17) is 0 Å². The van der Waals surface area contributed by atoms with Crippen molar-refractivity contribution in [3.05, 3.63) is 70.3 Å². The van der Waals surface area contributed by atoms with Crippen LogP contribution in [0.2, 0.25) is 0 Å². The molecule has 2 aromatic heterocycles. The van der Waals surface area contributed by atoms with Crippen LogP contribution in [0.3, 0.4) is 0 Å². The lowest BCUT2D eigenvalue weighted by atomic mass is 10.1. The first-order chi connectivity index (χ1) is 12.1. The van der Waals surface area contributed by atoms with Crippen LogP contribution < -0.4 is 10.6 Å². The summed E-state index contributed by atoms with van der Waals surface area (Å²) in [5.41, 5.74) is 2.91. The van der Waals surface area contributed by atoms with Crippen LogP contribution in [0.15, 0.2) is 58.3 Å². The Bertz CT molecular complexity index is 879. The van der Waals surface area contributed by atoms with Gasteiger partial charge in [0, 0.05) is 30.5 Å². The van der Waals surface area contributed by atoms with E-state index < -0.39 is 0 Å². The first-order valence-electron chi connectivity index (χ1n) is 7.96. The number of nitrogens with one attached hydrogen (secondary N) is 2. The third-order valence-electron chi connectivity index (χ3n) is 3.74. The fourth-order valence-electron chi connectivity index (χ4n) is 2.47. The Balaban J connectivity index is 0.00000243. The van der Waals surface area contributed by atoms with E-state index in [1.54, 1.807) is 19.2 Å². The average Bonchev–Trinajstić information content (AvgIpc) is 3.01. The van der Waals surface area contributed by atoms with Crippen LogP contribution in [0.5, 0.6) is 0 Å². The highest BCUT2D eigenvalue weighted by molar-refractivity contribution is 14.0. The molecule has 138 valence electrons. The predicted octanol–water partition coefficient (Wildman–Crippen LogP) is 3.76. The average molecular weight is 532 g/mol. The van der Waals surface area contributed by atoms with Crippen molar-refractivity contribution in [2.24, 2.45) is 4.99 Å². The van der Waals surface area contributed by atoms with Crippen molar-refractivity contribution in [3.63, 3.8) is 0 Å². The van der Waals surface area contributed by atoms with Crippen molar-refractivity contribution in [1.29, 1.82) is 0 Å². The molecule has 0 aliphatic heterocycles. The summed E-state index contributed by atoms with van der Waals surface area (Å²) in [5, 5.41) is 6.50. The lowest BCUT2D eigenvalue weighted by Gasteiger charge is -2.10. The summed E-state index contributed by atoms with van der Waals surface area (Å²) in [7, 11) is 1.73. The Morgan fingerprint density at radius 3 is 2.65 bits per heavy atom. The Hall–Kier alpha value is -1.68. The van der Waals surface area contributed by atoms with Crippen molar-refractivity contribution in [3.8, 4) is 0 Å². The van der Waals surface area contributed by atoms with E-state index >= 15 is 0 Å². The van der Waals surface area contributed by atoms with Gasteiger partial charge in [0.05, 0.1) is 12.2 Å². The number of pyridine rings is 1. The minimum Gasteiger partial charge on any atom is -0.356 e. The van der Waals surface area contributed by atoms with Gasteiger partial charge in [-0.05, 0) is 52.2 Å². The van der Waals surface area contributed by atoms with Crippen LogP contribution in [0.4, 0.5) is 4.39 Å². The molecule has 0 saturated heterocycles. The molecule has 8 heteroatoms. The molecule has 2 heterocycles. The number of aliphatic imine (C=N–C) groups is 1. The molecule has 5 nitrogen and oxygen atoms in total. The van der Waals surface area contributed by atoms with Crippen LogP contribution >= 0.6 is 39.9 Å². The number of nitrogens with zero attached hydrogens (tertiary/aromatic N) is 3. The van der Waals surface area contributed by atoms with E-state index in [1.807, 2.05) is 28.9 Å². The van der Waals surface area contributed by atoms with Gasteiger partial charge in [0.1, 0.15) is 11.5 Å². The summed E-state index contributed by atoms with van der Waals surface area (Å²) >= 11 is 3.45. The molecule has 0 saturated carbocycles. The van der Waals surface area contributed by atoms with Crippen molar-refractivity contribution >= 4 is 51.5 Å². The van der Waals surface area contributed by atoms with Crippen LogP contribution in [0.1, 0.15) is 11.3 Å². The molecule has 3 rings (SSSR count). The molecule has 0 bridgehead atoms. The number of halogens is 3. The first-order valence-corrected chi connectivity index (χ1v) is 8.75. The van der Waals surface area contributed by atoms with E-state index in [0.717, 1.165) is 27.8 Å². The molecule has 3 aromatic rings. The standard InChI is InChI=1S/C18H19BrFN5.HI/c1-21-18(22-9-8-13-2-5-15(20)6-3-13)23-10-16-12-25-11-14(19)4-7-17(25)24-16;/h2-7,11-12H,8-10H2,1H3,(H2,21,22,23);1H. The van der Waals surface area contributed by atoms with E-state index in [0.29, 0.717) is 19.0 Å². The van der Waals surface area contributed by atoms with E-state index in [9.17, 15) is 4.39 Å². The highest BCUT2D eigenvalue weighted by Crippen LogP contribution is 2.12. The second kappa shape index (κ2) is 9.86. The number of fused-ring (bicyclic) bond motifs is 1.